The average molecular weight is 165 g/mol. The van der Waals surface area contributed by atoms with Gasteiger partial charge in [-0.3, -0.25) is 0 Å². The molecule has 0 spiro atoms. The van der Waals surface area contributed by atoms with Crippen LogP contribution < -0.4 is 5.73 Å². The molecule has 0 aromatic rings. The Hall–Kier alpha value is -0.220. The predicted molar refractivity (Wildman–Crippen MR) is 37.3 cm³/mol. The third-order valence-corrected chi connectivity index (χ3v) is 2.17. The van der Waals surface area contributed by atoms with E-state index in [1.165, 1.54) is 6.42 Å². The van der Waals surface area contributed by atoms with Crippen LogP contribution in [0.15, 0.2) is 0 Å². The van der Waals surface area contributed by atoms with Crippen molar-refractivity contribution in [2.24, 2.45) is 11.7 Å². The highest BCUT2D eigenvalue weighted by Gasteiger charge is 2.24. The van der Waals surface area contributed by atoms with Crippen molar-refractivity contribution in [2.75, 3.05) is 6.61 Å². The van der Waals surface area contributed by atoms with Gasteiger partial charge in [0, 0.05) is 6.04 Å². The molecule has 1 aliphatic carbocycles. The van der Waals surface area contributed by atoms with Gasteiger partial charge in [0.1, 0.15) is 0 Å². The van der Waals surface area contributed by atoms with Gasteiger partial charge in [0.15, 0.2) is 0 Å². The molecule has 0 heterocycles. The first-order chi connectivity index (χ1) is 5.20. The summed E-state index contributed by atoms with van der Waals surface area (Å²) in [4.78, 5) is 0. The highest BCUT2D eigenvalue weighted by Crippen LogP contribution is 2.28. The van der Waals surface area contributed by atoms with E-state index in [2.05, 4.69) is 4.74 Å². The summed E-state index contributed by atoms with van der Waals surface area (Å²) in [5.41, 5.74) is 5.57. The van der Waals surface area contributed by atoms with Gasteiger partial charge in [0.2, 0.25) is 0 Å². The summed E-state index contributed by atoms with van der Waals surface area (Å²) < 4.78 is 27.1. The van der Waals surface area contributed by atoms with Crippen LogP contribution in [0.1, 0.15) is 19.3 Å². The molecule has 0 saturated heterocycles. The fraction of sp³-hybridized carbons (Fsp3) is 1.00. The van der Waals surface area contributed by atoms with Crippen molar-refractivity contribution < 1.29 is 13.5 Å². The lowest BCUT2D eigenvalue weighted by Gasteiger charge is -2.30. The molecule has 0 aromatic carbocycles. The molecule has 1 unspecified atom stereocenters. The second-order valence-corrected chi connectivity index (χ2v) is 2.95. The summed E-state index contributed by atoms with van der Waals surface area (Å²) in [5.74, 6) is 0.411. The van der Waals surface area contributed by atoms with Gasteiger partial charge in [-0.25, -0.2) is 0 Å². The molecule has 0 aliphatic heterocycles. The van der Waals surface area contributed by atoms with Gasteiger partial charge in [-0.15, -0.1) is 0 Å². The molecule has 0 bridgehead atoms. The van der Waals surface area contributed by atoms with E-state index in [4.69, 9.17) is 5.73 Å². The van der Waals surface area contributed by atoms with Crippen molar-refractivity contribution >= 4 is 0 Å². The van der Waals surface area contributed by atoms with Crippen molar-refractivity contribution in [1.29, 1.82) is 0 Å². The van der Waals surface area contributed by atoms with Gasteiger partial charge >= 0.3 is 6.61 Å². The molecular weight excluding hydrogens is 152 g/mol. The van der Waals surface area contributed by atoms with Gasteiger partial charge in [-0.1, -0.05) is 6.42 Å². The molecule has 66 valence electrons. The quantitative estimate of drug-likeness (QED) is 0.682. The largest absolute Gasteiger partial charge is 0.345 e. The summed E-state index contributed by atoms with van der Waals surface area (Å²) in [6.45, 7) is -2.69. The summed E-state index contributed by atoms with van der Waals surface area (Å²) in [5, 5.41) is 0. The van der Waals surface area contributed by atoms with E-state index in [1.807, 2.05) is 0 Å². The summed E-state index contributed by atoms with van der Waals surface area (Å²) >= 11 is 0. The normalized spacial score (nSPS) is 21.8. The third-order valence-electron chi connectivity index (χ3n) is 2.17. The Morgan fingerprint density at radius 1 is 1.45 bits per heavy atom. The topological polar surface area (TPSA) is 35.2 Å². The number of nitrogens with two attached hydrogens (primary N) is 1. The standard InChI is InChI=1S/C7H13F2NO/c8-7(9)11-4-6(10)5-2-1-3-5/h5-7H,1-4,10H2. The van der Waals surface area contributed by atoms with Crippen molar-refractivity contribution in [3.8, 4) is 0 Å². The fourth-order valence-electron chi connectivity index (χ4n) is 1.19. The monoisotopic (exact) mass is 165 g/mol. The first-order valence-corrected chi connectivity index (χ1v) is 3.85. The van der Waals surface area contributed by atoms with E-state index in [0.717, 1.165) is 12.8 Å². The minimum Gasteiger partial charge on any atom is -0.325 e. The highest BCUT2D eigenvalue weighted by atomic mass is 19.3. The van der Waals surface area contributed by atoms with E-state index in [9.17, 15) is 8.78 Å². The highest BCUT2D eigenvalue weighted by molar-refractivity contribution is 4.79. The second kappa shape index (κ2) is 3.97. The Morgan fingerprint density at radius 2 is 2.09 bits per heavy atom. The van der Waals surface area contributed by atoms with Crippen LogP contribution in [-0.2, 0) is 4.74 Å². The second-order valence-electron chi connectivity index (χ2n) is 2.95. The van der Waals surface area contributed by atoms with Gasteiger partial charge in [-0.05, 0) is 18.8 Å². The van der Waals surface area contributed by atoms with Crippen molar-refractivity contribution in [3.63, 3.8) is 0 Å². The van der Waals surface area contributed by atoms with Crippen LogP contribution in [0, 0.1) is 5.92 Å². The van der Waals surface area contributed by atoms with Crippen LogP contribution >= 0.6 is 0 Å². The maximum atomic E-state index is 11.5. The molecule has 1 atom stereocenters. The lowest BCUT2D eigenvalue weighted by molar-refractivity contribution is -0.136. The Bertz CT molecular complexity index is 117. The summed E-state index contributed by atoms with van der Waals surface area (Å²) in [6, 6.07) is -0.197. The number of hydrogen-bond donors (Lipinski definition) is 1. The third kappa shape index (κ3) is 2.71. The lowest BCUT2D eigenvalue weighted by atomic mass is 9.80. The molecule has 11 heavy (non-hydrogen) atoms. The Balaban J connectivity index is 2.05. The minimum absolute atomic E-state index is 0.0116. The zero-order valence-electron chi connectivity index (χ0n) is 6.30. The SMILES string of the molecule is NC(COC(F)F)C1CCC1. The van der Waals surface area contributed by atoms with Gasteiger partial charge < -0.3 is 10.5 Å². The molecule has 0 aromatic heterocycles. The Morgan fingerprint density at radius 3 is 2.45 bits per heavy atom. The van der Waals surface area contributed by atoms with Gasteiger partial charge in [-0.2, -0.15) is 8.78 Å². The van der Waals surface area contributed by atoms with Gasteiger partial charge in [0.25, 0.3) is 0 Å². The predicted octanol–water partition coefficient (Wildman–Crippen LogP) is 1.35. The van der Waals surface area contributed by atoms with Crippen LogP contribution in [0.5, 0.6) is 0 Å². The summed E-state index contributed by atoms with van der Waals surface area (Å²) in [7, 11) is 0. The van der Waals surface area contributed by atoms with Crippen molar-refractivity contribution in [2.45, 2.75) is 31.9 Å². The number of alkyl halides is 2. The van der Waals surface area contributed by atoms with Crippen molar-refractivity contribution in [1.82, 2.24) is 0 Å². The van der Waals surface area contributed by atoms with E-state index in [-0.39, 0.29) is 12.6 Å². The molecule has 1 saturated carbocycles. The summed E-state index contributed by atoms with van der Waals surface area (Å²) in [6.07, 6.45) is 3.30. The fourth-order valence-corrected chi connectivity index (χ4v) is 1.19. The first kappa shape index (κ1) is 8.87. The zero-order chi connectivity index (χ0) is 8.27. The van der Waals surface area contributed by atoms with E-state index >= 15 is 0 Å². The number of rotatable bonds is 4. The lowest BCUT2D eigenvalue weighted by Crippen LogP contribution is -2.38. The molecule has 2 N–H and O–H groups in total. The first-order valence-electron chi connectivity index (χ1n) is 3.85. The molecule has 0 amide bonds. The Kier molecular flexibility index (Phi) is 3.20. The number of hydrogen-bond acceptors (Lipinski definition) is 2. The molecule has 1 rings (SSSR count). The number of ether oxygens (including phenoxy) is 1. The van der Waals surface area contributed by atoms with Gasteiger partial charge in [0.05, 0.1) is 6.61 Å². The van der Waals surface area contributed by atoms with Crippen LogP contribution in [0.4, 0.5) is 8.78 Å². The molecular formula is C7H13F2NO. The maximum Gasteiger partial charge on any atom is 0.345 e. The smallest absolute Gasteiger partial charge is 0.325 e. The molecule has 1 fully saturated rings. The number of halogens is 2. The molecule has 0 radical (unpaired) electrons. The minimum atomic E-state index is -2.68. The van der Waals surface area contributed by atoms with E-state index in [0.29, 0.717) is 5.92 Å². The van der Waals surface area contributed by atoms with Crippen LogP contribution in [-0.4, -0.2) is 19.3 Å². The molecule has 1 aliphatic rings. The van der Waals surface area contributed by atoms with Crippen LogP contribution in [0.3, 0.4) is 0 Å². The maximum absolute atomic E-state index is 11.5. The molecule has 4 heteroatoms. The molecule has 2 nitrogen and oxygen atoms in total. The van der Waals surface area contributed by atoms with Crippen LogP contribution in [0.25, 0.3) is 0 Å². The van der Waals surface area contributed by atoms with Crippen molar-refractivity contribution in [3.05, 3.63) is 0 Å². The van der Waals surface area contributed by atoms with E-state index < -0.39 is 6.61 Å². The Labute approximate surface area is 64.7 Å². The zero-order valence-corrected chi connectivity index (χ0v) is 6.30. The van der Waals surface area contributed by atoms with Crippen LogP contribution in [0.2, 0.25) is 0 Å². The average Bonchev–Trinajstić information content (AvgIpc) is 1.79. The van der Waals surface area contributed by atoms with E-state index in [1.54, 1.807) is 0 Å².